The highest BCUT2D eigenvalue weighted by Crippen LogP contribution is 2.32. The van der Waals surface area contributed by atoms with E-state index >= 15 is 0 Å². The van der Waals surface area contributed by atoms with Gasteiger partial charge in [0.2, 0.25) is 0 Å². The fraction of sp³-hybridized carbons (Fsp3) is 0.588. The lowest BCUT2D eigenvalue weighted by Gasteiger charge is -2.24. The monoisotopic (exact) mass is 386 g/mol. The van der Waals surface area contributed by atoms with Crippen LogP contribution in [-0.4, -0.2) is 24.3 Å². The minimum atomic E-state index is -0.495. The Balaban J connectivity index is 1.82. The van der Waals surface area contributed by atoms with Gasteiger partial charge in [-0.3, -0.25) is 0 Å². The average molecular weight is 387 g/mol. The van der Waals surface area contributed by atoms with Crippen LogP contribution in [0.5, 0.6) is 0 Å². The standard InChI is InChI=1S/C17H24BrFN2O2/c1-17(2,3)23-16(22)21-15(11-4-5-11)10-20-9-12-6-7-13(19)8-14(12)18/h6-8,11,15,20H,4-5,9-10H2,1-3H3,(H,21,22). The number of rotatable bonds is 6. The number of carbonyl (C=O) groups is 1. The molecule has 1 aromatic rings. The largest absolute Gasteiger partial charge is 0.444 e. The van der Waals surface area contributed by atoms with Crippen LogP contribution < -0.4 is 10.6 Å². The molecule has 2 N–H and O–H groups in total. The van der Waals surface area contributed by atoms with Crippen LogP contribution in [0.4, 0.5) is 9.18 Å². The van der Waals surface area contributed by atoms with Gasteiger partial charge in [-0.15, -0.1) is 0 Å². The van der Waals surface area contributed by atoms with E-state index in [1.807, 2.05) is 20.8 Å². The van der Waals surface area contributed by atoms with Crippen molar-refractivity contribution in [2.45, 2.75) is 51.8 Å². The van der Waals surface area contributed by atoms with Crippen molar-refractivity contribution in [1.29, 1.82) is 0 Å². The van der Waals surface area contributed by atoms with Gasteiger partial charge in [0.15, 0.2) is 0 Å². The number of alkyl carbamates (subject to hydrolysis) is 1. The summed E-state index contributed by atoms with van der Waals surface area (Å²) in [6.07, 6.45) is 1.88. The first-order chi connectivity index (χ1) is 10.7. The highest BCUT2D eigenvalue weighted by Gasteiger charge is 2.33. The Hall–Kier alpha value is -1.14. The van der Waals surface area contributed by atoms with Crippen LogP contribution in [0.3, 0.4) is 0 Å². The van der Waals surface area contributed by atoms with Gasteiger partial charge in [0.1, 0.15) is 11.4 Å². The number of hydrogen-bond donors (Lipinski definition) is 2. The maximum absolute atomic E-state index is 13.1. The zero-order chi connectivity index (χ0) is 17.0. The van der Waals surface area contributed by atoms with Crippen LogP contribution in [0.1, 0.15) is 39.2 Å². The first-order valence-electron chi connectivity index (χ1n) is 7.89. The summed E-state index contributed by atoms with van der Waals surface area (Å²) in [6, 6.07) is 4.71. The first kappa shape index (κ1) is 18.2. The van der Waals surface area contributed by atoms with Gasteiger partial charge in [-0.2, -0.15) is 0 Å². The van der Waals surface area contributed by atoms with Crippen molar-refractivity contribution in [3.8, 4) is 0 Å². The second kappa shape index (κ2) is 7.62. The molecule has 1 aliphatic carbocycles. The molecule has 0 heterocycles. The zero-order valence-corrected chi connectivity index (χ0v) is 15.4. The maximum Gasteiger partial charge on any atom is 0.407 e. The Morgan fingerprint density at radius 3 is 2.70 bits per heavy atom. The van der Waals surface area contributed by atoms with Gasteiger partial charge < -0.3 is 15.4 Å². The molecule has 0 saturated heterocycles. The zero-order valence-electron chi connectivity index (χ0n) is 13.8. The number of ether oxygens (including phenoxy) is 1. The molecular formula is C17H24BrFN2O2. The van der Waals surface area contributed by atoms with E-state index in [-0.39, 0.29) is 18.0 Å². The Morgan fingerprint density at radius 2 is 2.13 bits per heavy atom. The molecule has 0 radical (unpaired) electrons. The summed E-state index contributed by atoms with van der Waals surface area (Å²) in [5.74, 6) is 0.245. The second-order valence-electron chi connectivity index (χ2n) is 6.96. The van der Waals surface area contributed by atoms with E-state index in [0.717, 1.165) is 22.9 Å². The van der Waals surface area contributed by atoms with Crippen molar-refractivity contribution in [1.82, 2.24) is 10.6 Å². The van der Waals surface area contributed by atoms with Crippen LogP contribution in [0, 0.1) is 11.7 Å². The molecule has 1 unspecified atom stereocenters. The summed E-state index contributed by atoms with van der Waals surface area (Å²) >= 11 is 3.36. The van der Waals surface area contributed by atoms with Gasteiger partial charge in [0.25, 0.3) is 0 Å². The summed E-state index contributed by atoms with van der Waals surface area (Å²) < 4.78 is 19.1. The molecule has 2 rings (SSSR count). The Morgan fingerprint density at radius 1 is 1.43 bits per heavy atom. The van der Waals surface area contributed by atoms with Crippen LogP contribution in [0.2, 0.25) is 0 Å². The van der Waals surface area contributed by atoms with E-state index in [1.54, 1.807) is 6.07 Å². The predicted octanol–water partition coefficient (Wildman–Crippen LogP) is 3.98. The molecule has 1 aromatic carbocycles. The summed E-state index contributed by atoms with van der Waals surface area (Å²) in [5.41, 5.74) is 0.489. The van der Waals surface area contributed by atoms with E-state index in [2.05, 4.69) is 26.6 Å². The van der Waals surface area contributed by atoms with Crippen LogP contribution in [0.15, 0.2) is 22.7 Å². The van der Waals surface area contributed by atoms with Gasteiger partial charge in [-0.25, -0.2) is 9.18 Å². The van der Waals surface area contributed by atoms with Crippen molar-refractivity contribution < 1.29 is 13.9 Å². The topological polar surface area (TPSA) is 50.4 Å². The molecule has 1 aliphatic rings. The third-order valence-corrected chi connectivity index (χ3v) is 4.33. The average Bonchev–Trinajstić information content (AvgIpc) is 3.22. The molecule has 0 bridgehead atoms. The molecule has 1 saturated carbocycles. The quantitative estimate of drug-likeness (QED) is 0.777. The minimum Gasteiger partial charge on any atom is -0.444 e. The lowest BCUT2D eigenvalue weighted by molar-refractivity contribution is 0.0497. The van der Waals surface area contributed by atoms with Gasteiger partial charge in [0, 0.05) is 23.6 Å². The number of nitrogens with one attached hydrogen (secondary N) is 2. The second-order valence-corrected chi connectivity index (χ2v) is 7.81. The molecule has 0 spiro atoms. The molecule has 6 heteroatoms. The van der Waals surface area contributed by atoms with Crippen LogP contribution >= 0.6 is 15.9 Å². The molecule has 0 aromatic heterocycles. The lowest BCUT2D eigenvalue weighted by Crippen LogP contribution is -2.45. The normalized spacial score (nSPS) is 16.0. The molecule has 1 atom stereocenters. The van der Waals surface area contributed by atoms with Gasteiger partial charge >= 0.3 is 6.09 Å². The number of amides is 1. The van der Waals surface area contributed by atoms with Gasteiger partial charge in [-0.05, 0) is 57.2 Å². The molecular weight excluding hydrogens is 363 g/mol. The van der Waals surface area contributed by atoms with Gasteiger partial charge in [0.05, 0.1) is 0 Å². The van der Waals surface area contributed by atoms with E-state index < -0.39 is 5.60 Å². The SMILES string of the molecule is CC(C)(C)OC(=O)NC(CNCc1ccc(F)cc1Br)C1CC1. The molecule has 1 amide bonds. The van der Waals surface area contributed by atoms with Crippen LogP contribution in [0.25, 0.3) is 0 Å². The minimum absolute atomic E-state index is 0.0593. The van der Waals surface area contributed by atoms with E-state index in [1.165, 1.54) is 12.1 Å². The summed E-state index contributed by atoms with van der Waals surface area (Å²) in [6.45, 7) is 6.82. The van der Waals surface area contributed by atoms with E-state index in [9.17, 15) is 9.18 Å². The molecule has 23 heavy (non-hydrogen) atoms. The number of halogens is 2. The fourth-order valence-corrected chi connectivity index (χ4v) is 2.81. The highest BCUT2D eigenvalue weighted by atomic mass is 79.9. The fourth-order valence-electron chi connectivity index (χ4n) is 2.32. The first-order valence-corrected chi connectivity index (χ1v) is 8.68. The van der Waals surface area contributed by atoms with Crippen LogP contribution in [-0.2, 0) is 11.3 Å². The third-order valence-electron chi connectivity index (χ3n) is 3.59. The van der Waals surface area contributed by atoms with Crippen molar-refractivity contribution in [3.05, 3.63) is 34.1 Å². The predicted molar refractivity (Wildman–Crippen MR) is 91.7 cm³/mol. The van der Waals surface area contributed by atoms with Crippen molar-refractivity contribution in [3.63, 3.8) is 0 Å². The summed E-state index contributed by atoms with van der Waals surface area (Å²) in [7, 11) is 0. The van der Waals surface area contributed by atoms with Crippen molar-refractivity contribution in [2.24, 2.45) is 5.92 Å². The number of carbonyl (C=O) groups excluding carboxylic acids is 1. The van der Waals surface area contributed by atoms with Crippen molar-refractivity contribution in [2.75, 3.05) is 6.54 Å². The molecule has 128 valence electrons. The molecule has 0 aliphatic heterocycles. The number of hydrogen-bond acceptors (Lipinski definition) is 3. The maximum atomic E-state index is 13.1. The lowest BCUT2D eigenvalue weighted by atomic mass is 10.1. The highest BCUT2D eigenvalue weighted by molar-refractivity contribution is 9.10. The summed E-state index contributed by atoms with van der Waals surface area (Å²) in [4.78, 5) is 11.9. The Kier molecular flexibility index (Phi) is 6.03. The number of benzene rings is 1. The Labute approximate surface area is 145 Å². The molecule has 1 fully saturated rings. The third kappa shape index (κ3) is 6.47. The van der Waals surface area contributed by atoms with E-state index in [4.69, 9.17) is 4.74 Å². The van der Waals surface area contributed by atoms with Gasteiger partial charge in [-0.1, -0.05) is 22.0 Å². The van der Waals surface area contributed by atoms with Crippen molar-refractivity contribution >= 4 is 22.0 Å². The molecule has 4 nitrogen and oxygen atoms in total. The summed E-state index contributed by atoms with van der Waals surface area (Å²) in [5, 5.41) is 6.28. The smallest absolute Gasteiger partial charge is 0.407 e. The Bertz CT molecular complexity index is 556. The van der Waals surface area contributed by atoms with E-state index in [0.29, 0.717) is 19.0 Å².